The highest BCUT2D eigenvalue weighted by Gasteiger charge is 2.03. The molecule has 0 saturated heterocycles. The van der Waals surface area contributed by atoms with Crippen molar-refractivity contribution in [3.63, 3.8) is 0 Å². The van der Waals surface area contributed by atoms with Gasteiger partial charge in [0, 0.05) is 0 Å². The lowest BCUT2D eigenvalue weighted by Crippen LogP contribution is -2.00. The molecule has 0 aromatic carbocycles. The topological polar surface area (TPSA) is 58.9 Å². The third-order valence-corrected chi connectivity index (χ3v) is 1.24. The standard InChI is InChI=1S/C7H9N3O/c1-5(2)7-6(3-11)10-9-4-8-7/h4,11H,1,3H2,2H3. The molecule has 1 heterocycles. The fourth-order valence-electron chi connectivity index (χ4n) is 0.764. The summed E-state index contributed by atoms with van der Waals surface area (Å²) in [5.74, 6) is 0. The number of nitrogens with zero attached hydrogens (tertiary/aromatic N) is 3. The Hall–Kier alpha value is -1.29. The van der Waals surface area contributed by atoms with Crippen LogP contribution in [0.25, 0.3) is 5.57 Å². The van der Waals surface area contributed by atoms with Crippen molar-refractivity contribution in [2.75, 3.05) is 0 Å². The SMILES string of the molecule is C=C(C)c1ncnnc1CO. The zero-order chi connectivity index (χ0) is 8.27. The number of aliphatic hydroxyl groups excluding tert-OH is 1. The van der Waals surface area contributed by atoms with Gasteiger partial charge in [-0.25, -0.2) is 4.98 Å². The summed E-state index contributed by atoms with van der Waals surface area (Å²) in [4.78, 5) is 3.92. The molecule has 4 nitrogen and oxygen atoms in total. The molecular formula is C7H9N3O. The molecule has 0 aliphatic rings. The Morgan fingerprint density at radius 1 is 1.73 bits per heavy atom. The molecule has 0 saturated carbocycles. The minimum atomic E-state index is -0.150. The molecule has 11 heavy (non-hydrogen) atoms. The molecule has 0 atom stereocenters. The van der Waals surface area contributed by atoms with Crippen LogP contribution in [-0.4, -0.2) is 20.3 Å². The summed E-state index contributed by atoms with van der Waals surface area (Å²) in [6.07, 6.45) is 1.34. The zero-order valence-corrected chi connectivity index (χ0v) is 6.28. The van der Waals surface area contributed by atoms with E-state index < -0.39 is 0 Å². The van der Waals surface area contributed by atoms with Gasteiger partial charge in [0.1, 0.15) is 12.0 Å². The highest BCUT2D eigenvalue weighted by Crippen LogP contribution is 2.09. The lowest BCUT2D eigenvalue weighted by Gasteiger charge is -2.00. The van der Waals surface area contributed by atoms with Gasteiger partial charge in [0.15, 0.2) is 0 Å². The number of hydrogen-bond acceptors (Lipinski definition) is 4. The highest BCUT2D eigenvalue weighted by molar-refractivity contribution is 5.58. The van der Waals surface area contributed by atoms with Gasteiger partial charge >= 0.3 is 0 Å². The molecule has 4 heteroatoms. The lowest BCUT2D eigenvalue weighted by molar-refractivity contribution is 0.274. The summed E-state index contributed by atoms with van der Waals surface area (Å²) in [5, 5.41) is 16.0. The number of aromatic nitrogens is 3. The van der Waals surface area contributed by atoms with Crippen LogP contribution in [0.4, 0.5) is 0 Å². The molecular weight excluding hydrogens is 142 g/mol. The van der Waals surface area contributed by atoms with Gasteiger partial charge in [-0.05, 0) is 12.5 Å². The maximum atomic E-state index is 8.78. The van der Waals surface area contributed by atoms with Crippen molar-refractivity contribution >= 4 is 5.57 Å². The fourth-order valence-corrected chi connectivity index (χ4v) is 0.764. The van der Waals surface area contributed by atoms with Gasteiger partial charge in [0.05, 0.1) is 12.3 Å². The van der Waals surface area contributed by atoms with E-state index in [-0.39, 0.29) is 6.61 Å². The Kier molecular flexibility index (Phi) is 2.28. The molecule has 58 valence electrons. The van der Waals surface area contributed by atoms with E-state index in [4.69, 9.17) is 5.11 Å². The predicted octanol–water partition coefficient (Wildman–Crippen LogP) is 0.397. The van der Waals surface area contributed by atoms with E-state index in [1.54, 1.807) is 0 Å². The van der Waals surface area contributed by atoms with E-state index in [1.165, 1.54) is 6.33 Å². The van der Waals surface area contributed by atoms with Crippen LogP contribution in [0.1, 0.15) is 18.3 Å². The van der Waals surface area contributed by atoms with Crippen LogP contribution in [0.3, 0.4) is 0 Å². The van der Waals surface area contributed by atoms with Crippen molar-refractivity contribution in [3.05, 3.63) is 24.3 Å². The van der Waals surface area contributed by atoms with Crippen LogP contribution < -0.4 is 0 Å². The Labute approximate surface area is 64.6 Å². The van der Waals surface area contributed by atoms with Crippen molar-refractivity contribution in [1.82, 2.24) is 15.2 Å². The first-order chi connectivity index (χ1) is 5.25. The summed E-state index contributed by atoms with van der Waals surface area (Å²) in [6.45, 7) is 5.35. The number of rotatable bonds is 2. The minimum Gasteiger partial charge on any atom is -0.390 e. The average Bonchev–Trinajstić information content (AvgIpc) is 2.04. The van der Waals surface area contributed by atoms with E-state index in [1.807, 2.05) is 6.92 Å². The number of hydrogen-bond donors (Lipinski definition) is 1. The third kappa shape index (κ3) is 1.59. The molecule has 0 aliphatic heterocycles. The zero-order valence-electron chi connectivity index (χ0n) is 6.28. The van der Waals surface area contributed by atoms with Gasteiger partial charge in [-0.1, -0.05) is 6.58 Å². The second-order valence-corrected chi connectivity index (χ2v) is 2.19. The molecule has 0 spiro atoms. The van der Waals surface area contributed by atoms with Crippen LogP contribution in [0.2, 0.25) is 0 Å². The number of allylic oxidation sites excluding steroid dienone is 1. The first-order valence-corrected chi connectivity index (χ1v) is 3.19. The molecule has 0 amide bonds. The quantitative estimate of drug-likeness (QED) is 0.664. The molecule has 0 bridgehead atoms. The van der Waals surface area contributed by atoms with E-state index in [0.29, 0.717) is 11.4 Å². The van der Waals surface area contributed by atoms with E-state index in [0.717, 1.165) is 5.57 Å². The lowest BCUT2D eigenvalue weighted by atomic mass is 10.2. The van der Waals surface area contributed by atoms with Crippen molar-refractivity contribution in [2.24, 2.45) is 0 Å². The molecule has 1 aromatic heterocycles. The molecule has 0 radical (unpaired) electrons. The molecule has 0 fully saturated rings. The van der Waals surface area contributed by atoms with Crippen LogP contribution in [-0.2, 0) is 6.61 Å². The fraction of sp³-hybridized carbons (Fsp3) is 0.286. The van der Waals surface area contributed by atoms with Crippen molar-refractivity contribution < 1.29 is 5.11 Å². The first-order valence-electron chi connectivity index (χ1n) is 3.19. The summed E-state index contributed by atoms with van der Waals surface area (Å²) in [6, 6.07) is 0. The van der Waals surface area contributed by atoms with E-state index >= 15 is 0 Å². The second-order valence-electron chi connectivity index (χ2n) is 2.19. The van der Waals surface area contributed by atoms with Crippen molar-refractivity contribution in [1.29, 1.82) is 0 Å². The van der Waals surface area contributed by atoms with Crippen LogP contribution in [0, 0.1) is 0 Å². The highest BCUT2D eigenvalue weighted by atomic mass is 16.3. The summed E-state index contributed by atoms with van der Waals surface area (Å²) in [5.41, 5.74) is 1.88. The van der Waals surface area contributed by atoms with Gasteiger partial charge < -0.3 is 5.11 Å². The van der Waals surface area contributed by atoms with E-state index in [9.17, 15) is 0 Å². The molecule has 1 aromatic rings. The smallest absolute Gasteiger partial charge is 0.138 e. The maximum Gasteiger partial charge on any atom is 0.138 e. The molecule has 1 rings (SSSR count). The van der Waals surface area contributed by atoms with Gasteiger partial charge in [0.25, 0.3) is 0 Å². The van der Waals surface area contributed by atoms with Crippen molar-refractivity contribution in [3.8, 4) is 0 Å². The van der Waals surface area contributed by atoms with Crippen LogP contribution in [0.5, 0.6) is 0 Å². The van der Waals surface area contributed by atoms with Gasteiger partial charge in [0.2, 0.25) is 0 Å². The van der Waals surface area contributed by atoms with Gasteiger partial charge in [-0.15, -0.1) is 10.2 Å². The van der Waals surface area contributed by atoms with Gasteiger partial charge in [-0.2, -0.15) is 0 Å². The second kappa shape index (κ2) is 3.21. The molecule has 0 unspecified atom stereocenters. The molecule has 1 N–H and O–H groups in total. The largest absolute Gasteiger partial charge is 0.390 e. The summed E-state index contributed by atoms with van der Waals surface area (Å²) >= 11 is 0. The Morgan fingerprint density at radius 3 is 2.91 bits per heavy atom. The Morgan fingerprint density at radius 2 is 2.45 bits per heavy atom. The average molecular weight is 151 g/mol. The molecule has 0 aliphatic carbocycles. The Bertz CT molecular complexity index is 272. The van der Waals surface area contributed by atoms with Crippen LogP contribution >= 0.6 is 0 Å². The Balaban J connectivity index is 3.12. The monoisotopic (exact) mass is 151 g/mol. The van der Waals surface area contributed by atoms with Crippen molar-refractivity contribution in [2.45, 2.75) is 13.5 Å². The summed E-state index contributed by atoms with van der Waals surface area (Å²) < 4.78 is 0. The maximum absolute atomic E-state index is 8.78. The third-order valence-electron chi connectivity index (χ3n) is 1.24. The van der Waals surface area contributed by atoms with Gasteiger partial charge in [-0.3, -0.25) is 0 Å². The normalized spacial score (nSPS) is 9.64. The predicted molar refractivity (Wildman–Crippen MR) is 40.5 cm³/mol. The van der Waals surface area contributed by atoms with E-state index in [2.05, 4.69) is 21.8 Å². The minimum absolute atomic E-state index is 0.150. The van der Waals surface area contributed by atoms with Crippen LogP contribution in [0.15, 0.2) is 12.9 Å². The first kappa shape index (κ1) is 7.81. The number of aliphatic hydroxyl groups is 1. The summed E-state index contributed by atoms with van der Waals surface area (Å²) in [7, 11) is 0.